The van der Waals surface area contributed by atoms with Gasteiger partial charge in [-0.3, -0.25) is 14.7 Å². The number of morpholine rings is 1. The molecule has 0 aromatic carbocycles. The molecule has 7 nitrogen and oxygen atoms in total. The van der Waals surface area contributed by atoms with Gasteiger partial charge in [0.05, 0.1) is 13.2 Å². The molecule has 1 aliphatic carbocycles. The normalized spacial score (nSPS) is 26.2. The molecule has 0 aromatic heterocycles. The summed E-state index contributed by atoms with van der Waals surface area (Å²) in [6, 6.07) is 0. The minimum absolute atomic E-state index is 0.208. The van der Waals surface area contributed by atoms with E-state index in [4.69, 9.17) is 4.74 Å². The number of nitrogens with zero attached hydrogens (tertiary/aromatic N) is 3. The highest BCUT2D eigenvalue weighted by molar-refractivity contribution is 5.81. The number of carbonyl (C=O) groups is 1. The molecule has 7 heteroatoms. The predicted molar refractivity (Wildman–Crippen MR) is 117 cm³/mol. The molecule has 1 amide bonds. The molecule has 2 saturated heterocycles. The molecule has 2 heterocycles. The third kappa shape index (κ3) is 6.32. The van der Waals surface area contributed by atoms with Gasteiger partial charge in [0.25, 0.3) is 0 Å². The topological polar surface area (TPSA) is 69.2 Å². The Kier molecular flexibility index (Phi) is 8.60. The molecule has 3 fully saturated rings. The van der Waals surface area contributed by atoms with Crippen LogP contribution in [0.2, 0.25) is 0 Å². The van der Waals surface area contributed by atoms with Crippen LogP contribution in [0.15, 0.2) is 4.99 Å². The van der Waals surface area contributed by atoms with Crippen LogP contribution in [0.4, 0.5) is 0 Å². The Morgan fingerprint density at radius 1 is 1.10 bits per heavy atom. The van der Waals surface area contributed by atoms with Gasteiger partial charge in [-0.2, -0.15) is 0 Å². The lowest BCUT2D eigenvalue weighted by Gasteiger charge is -2.48. The van der Waals surface area contributed by atoms with Crippen LogP contribution < -0.4 is 10.6 Å². The number of hydrogen-bond donors (Lipinski definition) is 2. The van der Waals surface area contributed by atoms with Gasteiger partial charge in [-0.15, -0.1) is 0 Å². The number of ether oxygens (including phenoxy) is 1. The SMILES string of the molecule is CN=C(NCCC(=O)N1CCCC(C)C1)NCC1(N2CCOCC2)CCCCC1. The zero-order valence-electron chi connectivity index (χ0n) is 18.5. The summed E-state index contributed by atoms with van der Waals surface area (Å²) < 4.78 is 5.58. The van der Waals surface area contributed by atoms with E-state index in [1.807, 2.05) is 11.9 Å². The van der Waals surface area contributed by atoms with Gasteiger partial charge in [0.1, 0.15) is 0 Å². The largest absolute Gasteiger partial charge is 0.379 e. The molecule has 2 aliphatic heterocycles. The van der Waals surface area contributed by atoms with Crippen molar-refractivity contribution in [1.29, 1.82) is 0 Å². The van der Waals surface area contributed by atoms with Crippen LogP contribution in [0, 0.1) is 5.92 Å². The van der Waals surface area contributed by atoms with Gasteiger partial charge in [0.2, 0.25) is 5.91 Å². The molecule has 166 valence electrons. The first-order chi connectivity index (χ1) is 14.1. The number of piperidine rings is 1. The maximum Gasteiger partial charge on any atom is 0.224 e. The second-order valence-corrected chi connectivity index (χ2v) is 9.07. The maximum absolute atomic E-state index is 12.5. The summed E-state index contributed by atoms with van der Waals surface area (Å²) in [4.78, 5) is 21.5. The second kappa shape index (κ2) is 11.2. The average molecular weight is 408 g/mol. The van der Waals surface area contributed by atoms with Crippen LogP contribution in [0.25, 0.3) is 0 Å². The summed E-state index contributed by atoms with van der Waals surface area (Å²) in [7, 11) is 1.81. The van der Waals surface area contributed by atoms with Gasteiger partial charge >= 0.3 is 0 Å². The number of carbonyl (C=O) groups excluding carboxylic acids is 1. The molecule has 1 saturated carbocycles. The predicted octanol–water partition coefficient (Wildman–Crippen LogP) is 1.84. The minimum Gasteiger partial charge on any atom is -0.379 e. The van der Waals surface area contributed by atoms with Crippen molar-refractivity contribution in [2.45, 2.75) is 63.8 Å². The van der Waals surface area contributed by atoms with E-state index in [0.717, 1.165) is 58.3 Å². The molecule has 3 aliphatic rings. The lowest BCUT2D eigenvalue weighted by molar-refractivity contribution is -0.132. The maximum atomic E-state index is 12.5. The fourth-order valence-electron chi connectivity index (χ4n) is 5.18. The zero-order chi connectivity index (χ0) is 20.5. The van der Waals surface area contributed by atoms with Gasteiger partial charge in [0.15, 0.2) is 5.96 Å². The van der Waals surface area contributed by atoms with Crippen molar-refractivity contribution in [2.75, 3.05) is 59.5 Å². The number of nitrogens with one attached hydrogen (secondary N) is 2. The molecule has 0 aromatic rings. The Bertz CT molecular complexity index is 541. The standard InChI is InChI=1S/C22H41N5O2/c1-19-7-6-12-26(17-19)20(28)8-11-24-21(23-2)25-18-22(9-4-3-5-10-22)27-13-15-29-16-14-27/h19H,3-18H2,1-2H3,(H2,23,24,25). The summed E-state index contributed by atoms with van der Waals surface area (Å²) in [5.41, 5.74) is 0.208. The van der Waals surface area contributed by atoms with E-state index in [1.54, 1.807) is 0 Å². The summed E-state index contributed by atoms with van der Waals surface area (Å²) in [5.74, 6) is 1.70. The monoisotopic (exact) mass is 407 g/mol. The first-order valence-corrected chi connectivity index (χ1v) is 11.7. The van der Waals surface area contributed by atoms with E-state index in [-0.39, 0.29) is 11.4 Å². The Labute approximate surface area is 176 Å². The summed E-state index contributed by atoms with van der Waals surface area (Å²) in [5, 5.41) is 6.93. The van der Waals surface area contributed by atoms with E-state index in [1.165, 1.54) is 38.5 Å². The zero-order valence-corrected chi connectivity index (χ0v) is 18.5. The van der Waals surface area contributed by atoms with Crippen molar-refractivity contribution in [3.05, 3.63) is 0 Å². The molecule has 0 spiro atoms. The molecule has 29 heavy (non-hydrogen) atoms. The summed E-state index contributed by atoms with van der Waals surface area (Å²) in [6.45, 7) is 9.33. The third-order valence-electron chi connectivity index (χ3n) is 6.92. The first kappa shape index (κ1) is 22.3. The van der Waals surface area contributed by atoms with E-state index in [0.29, 0.717) is 18.9 Å². The number of amides is 1. The molecule has 3 rings (SSSR count). The Morgan fingerprint density at radius 3 is 2.55 bits per heavy atom. The molecule has 0 bridgehead atoms. The molecule has 0 radical (unpaired) electrons. The Balaban J connectivity index is 1.45. The van der Waals surface area contributed by atoms with Crippen LogP contribution in [-0.2, 0) is 9.53 Å². The van der Waals surface area contributed by atoms with Gasteiger partial charge in [-0.1, -0.05) is 26.2 Å². The van der Waals surface area contributed by atoms with E-state index in [2.05, 4.69) is 27.4 Å². The number of likely N-dealkylation sites (tertiary alicyclic amines) is 1. The molecule has 2 N–H and O–H groups in total. The molecular formula is C22H41N5O2. The number of guanidine groups is 1. The fourth-order valence-corrected chi connectivity index (χ4v) is 5.18. The molecule has 1 atom stereocenters. The van der Waals surface area contributed by atoms with E-state index in [9.17, 15) is 4.79 Å². The highest BCUT2D eigenvalue weighted by atomic mass is 16.5. The Hall–Kier alpha value is -1.34. The number of hydrogen-bond acceptors (Lipinski definition) is 4. The van der Waals surface area contributed by atoms with Crippen LogP contribution in [-0.4, -0.2) is 86.7 Å². The van der Waals surface area contributed by atoms with Crippen molar-refractivity contribution in [3.8, 4) is 0 Å². The minimum atomic E-state index is 0.208. The van der Waals surface area contributed by atoms with Crippen LogP contribution >= 0.6 is 0 Å². The highest BCUT2D eigenvalue weighted by Crippen LogP contribution is 2.33. The van der Waals surface area contributed by atoms with E-state index < -0.39 is 0 Å². The fraction of sp³-hybridized carbons (Fsp3) is 0.909. The van der Waals surface area contributed by atoms with Crippen LogP contribution in [0.5, 0.6) is 0 Å². The van der Waals surface area contributed by atoms with Crippen molar-refractivity contribution in [3.63, 3.8) is 0 Å². The average Bonchev–Trinajstić information content (AvgIpc) is 2.77. The van der Waals surface area contributed by atoms with Crippen molar-refractivity contribution in [1.82, 2.24) is 20.4 Å². The lowest BCUT2D eigenvalue weighted by atomic mass is 9.80. The van der Waals surface area contributed by atoms with Crippen molar-refractivity contribution < 1.29 is 9.53 Å². The quantitative estimate of drug-likeness (QED) is 0.519. The van der Waals surface area contributed by atoms with Gasteiger partial charge in [0, 0.05) is 58.3 Å². The molecule has 1 unspecified atom stereocenters. The molecular weight excluding hydrogens is 366 g/mol. The van der Waals surface area contributed by atoms with Gasteiger partial charge < -0.3 is 20.3 Å². The smallest absolute Gasteiger partial charge is 0.224 e. The van der Waals surface area contributed by atoms with Gasteiger partial charge in [-0.25, -0.2) is 0 Å². The highest BCUT2D eigenvalue weighted by Gasteiger charge is 2.38. The summed E-state index contributed by atoms with van der Waals surface area (Å²) >= 11 is 0. The lowest BCUT2D eigenvalue weighted by Crippen LogP contribution is -2.60. The van der Waals surface area contributed by atoms with Crippen molar-refractivity contribution >= 4 is 11.9 Å². The Morgan fingerprint density at radius 2 is 1.86 bits per heavy atom. The third-order valence-corrected chi connectivity index (χ3v) is 6.92. The van der Waals surface area contributed by atoms with Crippen LogP contribution in [0.3, 0.4) is 0 Å². The number of aliphatic imine (C=N–C) groups is 1. The van der Waals surface area contributed by atoms with Crippen LogP contribution in [0.1, 0.15) is 58.3 Å². The number of rotatable bonds is 6. The first-order valence-electron chi connectivity index (χ1n) is 11.7. The second-order valence-electron chi connectivity index (χ2n) is 9.07. The van der Waals surface area contributed by atoms with Crippen molar-refractivity contribution in [2.24, 2.45) is 10.9 Å². The van der Waals surface area contributed by atoms with Gasteiger partial charge in [-0.05, 0) is 31.6 Å². The summed E-state index contributed by atoms with van der Waals surface area (Å²) in [6.07, 6.45) is 9.32. The van der Waals surface area contributed by atoms with E-state index >= 15 is 0 Å².